The molecule has 0 spiro atoms. The number of rotatable bonds is 11. The van der Waals surface area contributed by atoms with Crippen LogP contribution in [0.1, 0.15) is 44.1 Å². The Kier molecular flexibility index (Phi) is 9.22. The Morgan fingerprint density at radius 1 is 1.30 bits per heavy atom. The number of aromatic nitrogens is 5. The molecule has 2 aliphatic rings. The predicted octanol–water partition coefficient (Wildman–Crippen LogP) is -0.455. The molecule has 46 heavy (non-hydrogen) atoms. The van der Waals surface area contributed by atoms with Crippen LogP contribution in [0.15, 0.2) is 32.9 Å². The average molecular weight is 692 g/mol. The van der Waals surface area contributed by atoms with Gasteiger partial charge < -0.3 is 26.1 Å². The largest absolute Gasteiger partial charge is 0.477 e. The second kappa shape index (κ2) is 12.8. The second-order valence-electron chi connectivity index (χ2n) is 10.6. The Balaban J connectivity index is 1.35. The molecule has 21 heteroatoms. The fourth-order valence-electron chi connectivity index (χ4n) is 4.39. The summed E-state index contributed by atoms with van der Waals surface area (Å²) >= 11 is 3.61. The highest BCUT2D eigenvalue weighted by molar-refractivity contribution is 8.01. The Morgan fingerprint density at radius 2 is 2.04 bits per heavy atom. The SMILES string of the molecule is Cc1cc(SCC2=C(C(=O)O)N3C(=O)C(NC(=O)C(=NOC(C)(C)C(=O)NN)c4csc(N)n4)[C@@H]3SC2)n2nc(C(C)O)nc2n1. The summed E-state index contributed by atoms with van der Waals surface area (Å²) in [6, 6.07) is 0.680. The fourth-order valence-corrected chi connectivity index (χ4v) is 7.47. The zero-order valence-electron chi connectivity index (χ0n) is 24.7. The number of β-lactam (4-membered cyclic amide) rings is 1. The molecule has 1 saturated heterocycles. The molecule has 5 rings (SSSR count). The van der Waals surface area contributed by atoms with Crippen LogP contribution in [0.2, 0.25) is 0 Å². The molecule has 0 saturated carbocycles. The molecule has 3 amide bonds. The number of fused-ring (bicyclic) bond motifs is 2. The minimum absolute atomic E-state index is 0.0442. The number of aryl methyl sites for hydroxylation is 1. The van der Waals surface area contributed by atoms with Crippen molar-refractivity contribution >= 4 is 75.2 Å². The molecule has 1 fully saturated rings. The van der Waals surface area contributed by atoms with Gasteiger partial charge in [-0.05, 0) is 39.3 Å². The van der Waals surface area contributed by atoms with E-state index >= 15 is 0 Å². The van der Waals surface area contributed by atoms with Gasteiger partial charge in [0.25, 0.3) is 23.5 Å². The zero-order valence-corrected chi connectivity index (χ0v) is 27.2. The third-order valence-corrected chi connectivity index (χ3v) is 9.84. The first-order chi connectivity index (χ1) is 21.7. The number of carboxylic acids is 1. The fraction of sp³-hybridized carbons (Fsp3) is 0.400. The molecule has 3 aromatic heterocycles. The summed E-state index contributed by atoms with van der Waals surface area (Å²) < 4.78 is 1.47. The van der Waals surface area contributed by atoms with Crippen molar-refractivity contribution in [1.82, 2.24) is 40.2 Å². The lowest BCUT2D eigenvalue weighted by atomic mass is 10.0. The van der Waals surface area contributed by atoms with E-state index in [0.717, 1.165) is 16.2 Å². The van der Waals surface area contributed by atoms with Crippen molar-refractivity contribution in [1.29, 1.82) is 0 Å². The van der Waals surface area contributed by atoms with Gasteiger partial charge in [-0.3, -0.25) is 24.7 Å². The minimum Gasteiger partial charge on any atom is -0.477 e. The van der Waals surface area contributed by atoms with Crippen molar-refractivity contribution < 1.29 is 34.2 Å². The number of nitrogen functional groups attached to an aromatic ring is 1. The first kappa shape index (κ1) is 33.1. The quantitative estimate of drug-likeness (QED) is 0.0283. The topological polar surface area (TPSA) is 266 Å². The van der Waals surface area contributed by atoms with Crippen LogP contribution in [-0.2, 0) is 24.0 Å². The molecule has 0 aliphatic carbocycles. The predicted molar refractivity (Wildman–Crippen MR) is 167 cm³/mol. The maximum atomic E-state index is 13.4. The normalized spacial score (nSPS) is 19.0. The Bertz CT molecular complexity index is 1800. The number of nitrogens with zero attached hydrogens (tertiary/aromatic N) is 7. The summed E-state index contributed by atoms with van der Waals surface area (Å²) in [6.07, 6.45) is -0.905. The number of nitrogens with one attached hydrogen (secondary N) is 2. The van der Waals surface area contributed by atoms with Crippen LogP contribution in [0.25, 0.3) is 5.78 Å². The van der Waals surface area contributed by atoms with Crippen molar-refractivity contribution in [2.45, 2.75) is 55.8 Å². The number of hydrogen-bond donors (Lipinski definition) is 6. The summed E-state index contributed by atoms with van der Waals surface area (Å²) in [5.74, 6) is 2.66. The van der Waals surface area contributed by atoms with E-state index in [1.54, 1.807) is 13.0 Å². The van der Waals surface area contributed by atoms with Crippen LogP contribution >= 0.6 is 34.9 Å². The zero-order chi connectivity index (χ0) is 33.5. The lowest BCUT2D eigenvalue weighted by Gasteiger charge is -2.49. The molecule has 5 heterocycles. The Labute approximate surface area is 273 Å². The number of hydrogen-bond acceptors (Lipinski definition) is 16. The third-order valence-electron chi connectivity index (χ3n) is 6.75. The number of thiazole rings is 1. The summed E-state index contributed by atoms with van der Waals surface area (Å²) in [4.78, 5) is 70.3. The van der Waals surface area contributed by atoms with Gasteiger partial charge in [0.15, 0.2) is 16.7 Å². The smallest absolute Gasteiger partial charge is 0.352 e. The van der Waals surface area contributed by atoms with E-state index in [1.807, 2.05) is 5.43 Å². The highest BCUT2D eigenvalue weighted by Gasteiger charge is 2.54. The summed E-state index contributed by atoms with van der Waals surface area (Å²) in [5, 5.41) is 32.3. The van der Waals surface area contributed by atoms with Gasteiger partial charge in [-0.2, -0.15) is 9.50 Å². The van der Waals surface area contributed by atoms with E-state index in [-0.39, 0.29) is 39.6 Å². The van der Waals surface area contributed by atoms with Crippen molar-refractivity contribution in [3.8, 4) is 0 Å². The standard InChI is InChI=1S/C25H29N11O7S3/c1-9-5-13(36-24(28-9)31-17(33-36)10(2)37)44-6-11-7-45-20-15(19(39)35(20)16(11)21(40)41)30-18(38)14(12-8-46-23(26)29-12)34-43-25(3,4)22(42)32-27/h5,8,10,15,20,37H,6-7,27H2,1-4H3,(H2,26,29)(H,30,38)(H,32,42)(H,40,41)/t10?,15?,20-/m0/s1. The van der Waals surface area contributed by atoms with Crippen LogP contribution in [0, 0.1) is 6.92 Å². The molecular formula is C25H29N11O7S3. The first-order valence-electron chi connectivity index (χ1n) is 13.5. The number of amides is 3. The molecule has 3 atom stereocenters. The van der Waals surface area contributed by atoms with Gasteiger partial charge in [0.05, 0.1) is 0 Å². The maximum absolute atomic E-state index is 13.4. The van der Waals surface area contributed by atoms with Crippen LogP contribution in [0.4, 0.5) is 5.13 Å². The number of carbonyl (C=O) groups is 4. The average Bonchev–Trinajstić information content (AvgIpc) is 3.64. The number of hydrazine groups is 1. The number of aliphatic hydroxyl groups is 1. The Morgan fingerprint density at radius 3 is 2.67 bits per heavy atom. The Hall–Kier alpha value is -4.31. The monoisotopic (exact) mass is 691 g/mol. The number of aliphatic carboxylic acids is 1. The van der Waals surface area contributed by atoms with Gasteiger partial charge in [0.1, 0.15) is 33.9 Å². The third kappa shape index (κ3) is 6.35. The molecule has 244 valence electrons. The number of aliphatic hydroxyl groups excluding tert-OH is 1. The van der Waals surface area contributed by atoms with E-state index in [4.69, 9.17) is 16.4 Å². The van der Waals surface area contributed by atoms with E-state index < -0.39 is 46.8 Å². The highest BCUT2D eigenvalue weighted by atomic mass is 32.2. The summed E-state index contributed by atoms with van der Waals surface area (Å²) in [6.45, 7) is 6.07. The maximum Gasteiger partial charge on any atom is 0.352 e. The number of oxime groups is 1. The van der Waals surface area contributed by atoms with Crippen molar-refractivity contribution in [2.24, 2.45) is 11.0 Å². The molecule has 0 bridgehead atoms. The number of carboxylic acid groups (broad SMARTS) is 1. The van der Waals surface area contributed by atoms with E-state index in [0.29, 0.717) is 22.1 Å². The van der Waals surface area contributed by atoms with Gasteiger partial charge in [-0.1, -0.05) is 5.16 Å². The number of thioether (sulfide) groups is 2. The molecular weight excluding hydrogens is 663 g/mol. The molecule has 18 nitrogen and oxygen atoms in total. The van der Waals surface area contributed by atoms with Gasteiger partial charge in [-0.25, -0.2) is 20.6 Å². The van der Waals surface area contributed by atoms with E-state index in [9.17, 15) is 29.4 Å². The van der Waals surface area contributed by atoms with E-state index in [2.05, 4.69) is 30.5 Å². The van der Waals surface area contributed by atoms with Gasteiger partial charge in [0.2, 0.25) is 5.60 Å². The van der Waals surface area contributed by atoms with Gasteiger partial charge in [0, 0.05) is 22.6 Å². The molecule has 8 N–H and O–H groups in total. The minimum atomic E-state index is -1.56. The molecule has 2 aliphatic heterocycles. The van der Waals surface area contributed by atoms with Crippen molar-refractivity contribution in [3.05, 3.63) is 39.9 Å². The van der Waals surface area contributed by atoms with Gasteiger partial charge in [-0.15, -0.1) is 40.0 Å². The molecule has 3 aromatic rings. The van der Waals surface area contributed by atoms with Crippen LogP contribution in [0.3, 0.4) is 0 Å². The lowest BCUT2D eigenvalue weighted by molar-refractivity contribution is -0.150. The van der Waals surface area contributed by atoms with Crippen LogP contribution < -0.4 is 22.3 Å². The van der Waals surface area contributed by atoms with Crippen LogP contribution in [0.5, 0.6) is 0 Å². The van der Waals surface area contributed by atoms with Crippen molar-refractivity contribution in [2.75, 3.05) is 17.2 Å². The highest BCUT2D eigenvalue weighted by Crippen LogP contribution is 2.41. The molecule has 2 unspecified atom stereocenters. The molecule has 0 aromatic carbocycles. The first-order valence-corrected chi connectivity index (χ1v) is 16.4. The van der Waals surface area contributed by atoms with E-state index in [1.165, 1.54) is 54.2 Å². The summed E-state index contributed by atoms with van der Waals surface area (Å²) in [7, 11) is 0. The van der Waals surface area contributed by atoms with Crippen molar-refractivity contribution in [3.63, 3.8) is 0 Å². The lowest BCUT2D eigenvalue weighted by Crippen LogP contribution is -2.71. The summed E-state index contributed by atoms with van der Waals surface area (Å²) in [5.41, 5.74) is 6.79. The van der Waals surface area contributed by atoms with Gasteiger partial charge >= 0.3 is 5.97 Å². The number of carbonyl (C=O) groups excluding carboxylic acids is 3. The number of anilines is 1. The number of nitrogens with two attached hydrogens (primary N) is 2. The molecule has 0 radical (unpaired) electrons. The van der Waals surface area contributed by atoms with Crippen LogP contribution in [-0.4, -0.2) is 97.6 Å². The second-order valence-corrected chi connectivity index (χ2v) is 13.6.